The van der Waals surface area contributed by atoms with Crippen LogP contribution in [0.4, 0.5) is 0 Å². The van der Waals surface area contributed by atoms with Crippen LogP contribution in [0.25, 0.3) is 0 Å². The smallest absolute Gasteiger partial charge is 0.146 e. The van der Waals surface area contributed by atoms with Crippen LogP contribution in [-0.4, -0.2) is 12.7 Å². The minimum absolute atomic E-state index is 0.140. The SMILES string of the molecule is CC1CCCOC1C#N. The first-order valence-corrected chi connectivity index (χ1v) is 3.36. The van der Waals surface area contributed by atoms with Crippen LogP contribution >= 0.6 is 0 Å². The average Bonchev–Trinajstić information content (AvgIpc) is 1.89. The Balaban J connectivity index is 2.41. The maximum Gasteiger partial charge on any atom is 0.146 e. The average molecular weight is 125 g/mol. The van der Waals surface area contributed by atoms with Crippen molar-refractivity contribution in [1.29, 1.82) is 5.26 Å². The Morgan fingerprint density at radius 2 is 2.44 bits per heavy atom. The van der Waals surface area contributed by atoms with Crippen LogP contribution in [0, 0.1) is 17.2 Å². The fourth-order valence-electron chi connectivity index (χ4n) is 1.10. The van der Waals surface area contributed by atoms with Gasteiger partial charge in [0, 0.05) is 6.61 Å². The normalized spacial score (nSPS) is 35.6. The van der Waals surface area contributed by atoms with Gasteiger partial charge in [0.15, 0.2) is 0 Å². The standard InChI is InChI=1S/C7H11NO/c1-6-3-2-4-9-7(6)5-8/h6-7H,2-4H2,1H3. The minimum Gasteiger partial charge on any atom is -0.363 e. The summed E-state index contributed by atoms with van der Waals surface area (Å²) in [6.45, 7) is 2.83. The van der Waals surface area contributed by atoms with Gasteiger partial charge < -0.3 is 4.74 Å². The molecule has 1 aliphatic rings. The molecule has 0 aromatic carbocycles. The molecule has 2 atom stereocenters. The molecule has 0 aliphatic carbocycles. The van der Waals surface area contributed by atoms with Gasteiger partial charge in [-0.05, 0) is 18.8 Å². The third-order valence-electron chi connectivity index (χ3n) is 1.75. The van der Waals surface area contributed by atoms with Crippen molar-refractivity contribution in [3.05, 3.63) is 0 Å². The summed E-state index contributed by atoms with van der Waals surface area (Å²) in [5.41, 5.74) is 0. The lowest BCUT2D eigenvalue weighted by molar-refractivity contribution is 0.0150. The van der Waals surface area contributed by atoms with Gasteiger partial charge in [-0.3, -0.25) is 0 Å². The molecule has 2 unspecified atom stereocenters. The van der Waals surface area contributed by atoms with Gasteiger partial charge in [-0.15, -0.1) is 0 Å². The summed E-state index contributed by atoms with van der Waals surface area (Å²) in [4.78, 5) is 0. The van der Waals surface area contributed by atoms with E-state index in [9.17, 15) is 0 Å². The highest BCUT2D eigenvalue weighted by Gasteiger charge is 2.20. The predicted octanol–water partition coefficient (Wildman–Crippen LogP) is 1.33. The quantitative estimate of drug-likeness (QED) is 0.489. The van der Waals surface area contributed by atoms with Crippen LogP contribution in [0.15, 0.2) is 0 Å². The molecule has 0 spiro atoms. The van der Waals surface area contributed by atoms with Crippen molar-refractivity contribution in [2.45, 2.75) is 25.9 Å². The van der Waals surface area contributed by atoms with Crippen LogP contribution in [0.5, 0.6) is 0 Å². The van der Waals surface area contributed by atoms with Gasteiger partial charge in [0.05, 0.1) is 6.07 Å². The molecule has 0 radical (unpaired) electrons. The molecule has 1 fully saturated rings. The van der Waals surface area contributed by atoms with Crippen LogP contribution in [-0.2, 0) is 4.74 Å². The molecule has 0 aromatic heterocycles. The van der Waals surface area contributed by atoms with E-state index in [2.05, 4.69) is 13.0 Å². The lowest BCUT2D eigenvalue weighted by Gasteiger charge is -2.22. The Bertz CT molecular complexity index is 127. The number of ether oxygens (including phenoxy) is 1. The van der Waals surface area contributed by atoms with E-state index in [1.165, 1.54) is 0 Å². The molecule has 1 rings (SSSR count). The maximum absolute atomic E-state index is 8.49. The van der Waals surface area contributed by atoms with E-state index >= 15 is 0 Å². The number of hydrogen-bond acceptors (Lipinski definition) is 2. The van der Waals surface area contributed by atoms with Crippen LogP contribution in [0.3, 0.4) is 0 Å². The Hall–Kier alpha value is -0.550. The molecule has 1 aliphatic heterocycles. The summed E-state index contributed by atoms with van der Waals surface area (Å²) in [7, 11) is 0. The molecular formula is C7H11NO. The topological polar surface area (TPSA) is 33.0 Å². The summed E-state index contributed by atoms with van der Waals surface area (Å²) < 4.78 is 5.18. The molecular weight excluding hydrogens is 114 g/mol. The van der Waals surface area contributed by atoms with E-state index in [4.69, 9.17) is 10.00 Å². The zero-order valence-electron chi connectivity index (χ0n) is 5.63. The van der Waals surface area contributed by atoms with Crippen molar-refractivity contribution in [1.82, 2.24) is 0 Å². The molecule has 2 nitrogen and oxygen atoms in total. The molecule has 50 valence electrons. The fourth-order valence-corrected chi connectivity index (χ4v) is 1.10. The van der Waals surface area contributed by atoms with Gasteiger partial charge in [0.2, 0.25) is 0 Å². The first kappa shape index (κ1) is 6.57. The van der Waals surface area contributed by atoms with Gasteiger partial charge in [0.1, 0.15) is 6.10 Å². The molecule has 0 amide bonds. The molecule has 1 saturated heterocycles. The zero-order chi connectivity index (χ0) is 6.69. The van der Waals surface area contributed by atoms with Crippen molar-refractivity contribution >= 4 is 0 Å². The van der Waals surface area contributed by atoms with E-state index in [0.29, 0.717) is 5.92 Å². The molecule has 0 saturated carbocycles. The van der Waals surface area contributed by atoms with Crippen LogP contribution in [0.2, 0.25) is 0 Å². The number of hydrogen-bond donors (Lipinski definition) is 0. The fraction of sp³-hybridized carbons (Fsp3) is 0.857. The second-order valence-corrected chi connectivity index (χ2v) is 2.54. The highest BCUT2D eigenvalue weighted by atomic mass is 16.5. The summed E-state index contributed by atoms with van der Waals surface area (Å²) in [6, 6.07) is 2.13. The second-order valence-electron chi connectivity index (χ2n) is 2.54. The molecule has 2 heteroatoms. The summed E-state index contributed by atoms with van der Waals surface area (Å²) in [5, 5.41) is 8.49. The molecule has 9 heavy (non-hydrogen) atoms. The van der Waals surface area contributed by atoms with Crippen LogP contribution < -0.4 is 0 Å². The van der Waals surface area contributed by atoms with Gasteiger partial charge in [-0.25, -0.2) is 0 Å². The molecule has 0 N–H and O–H groups in total. The number of nitriles is 1. The highest BCUT2D eigenvalue weighted by Crippen LogP contribution is 2.18. The largest absolute Gasteiger partial charge is 0.363 e. The summed E-state index contributed by atoms with van der Waals surface area (Å²) >= 11 is 0. The maximum atomic E-state index is 8.49. The summed E-state index contributed by atoms with van der Waals surface area (Å²) in [6.07, 6.45) is 2.11. The van der Waals surface area contributed by atoms with E-state index in [-0.39, 0.29) is 6.10 Å². The zero-order valence-corrected chi connectivity index (χ0v) is 5.63. The second kappa shape index (κ2) is 2.84. The van der Waals surface area contributed by atoms with Crippen molar-refractivity contribution in [3.8, 4) is 6.07 Å². The first-order chi connectivity index (χ1) is 4.34. The van der Waals surface area contributed by atoms with Gasteiger partial charge in [-0.1, -0.05) is 6.92 Å². The Morgan fingerprint density at radius 1 is 1.67 bits per heavy atom. The lowest BCUT2D eigenvalue weighted by Crippen LogP contribution is -2.25. The monoisotopic (exact) mass is 125 g/mol. The molecule has 0 aromatic rings. The summed E-state index contributed by atoms with van der Waals surface area (Å²) in [5.74, 6) is 0.434. The Kier molecular flexibility index (Phi) is 2.07. The van der Waals surface area contributed by atoms with E-state index in [1.807, 2.05) is 0 Å². The highest BCUT2D eigenvalue weighted by molar-refractivity contribution is 4.89. The van der Waals surface area contributed by atoms with Crippen molar-refractivity contribution in [2.75, 3.05) is 6.61 Å². The van der Waals surface area contributed by atoms with Crippen molar-refractivity contribution in [2.24, 2.45) is 5.92 Å². The number of rotatable bonds is 0. The van der Waals surface area contributed by atoms with E-state index in [0.717, 1.165) is 19.4 Å². The first-order valence-electron chi connectivity index (χ1n) is 3.36. The van der Waals surface area contributed by atoms with E-state index < -0.39 is 0 Å². The van der Waals surface area contributed by atoms with E-state index in [1.54, 1.807) is 0 Å². The van der Waals surface area contributed by atoms with Crippen molar-refractivity contribution < 1.29 is 4.74 Å². The molecule has 0 bridgehead atoms. The lowest BCUT2D eigenvalue weighted by atomic mass is 9.98. The third-order valence-corrected chi connectivity index (χ3v) is 1.75. The van der Waals surface area contributed by atoms with Crippen LogP contribution in [0.1, 0.15) is 19.8 Å². The minimum atomic E-state index is -0.140. The van der Waals surface area contributed by atoms with Gasteiger partial charge >= 0.3 is 0 Å². The number of nitrogens with zero attached hydrogens (tertiary/aromatic N) is 1. The Morgan fingerprint density at radius 3 is 2.89 bits per heavy atom. The van der Waals surface area contributed by atoms with Gasteiger partial charge in [-0.2, -0.15) is 5.26 Å². The predicted molar refractivity (Wildman–Crippen MR) is 33.8 cm³/mol. The van der Waals surface area contributed by atoms with Gasteiger partial charge in [0.25, 0.3) is 0 Å². The van der Waals surface area contributed by atoms with Crippen molar-refractivity contribution in [3.63, 3.8) is 0 Å². The molecule has 1 heterocycles. The Labute approximate surface area is 55.4 Å². The third kappa shape index (κ3) is 1.43.